The number of rotatable bonds is 38. The molecule has 3 N–H and O–H groups in total. The van der Waals surface area contributed by atoms with E-state index in [4.69, 9.17) is 19.7 Å². The summed E-state index contributed by atoms with van der Waals surface area (Å²) in [5.41, 5.74) is 5.02. The molecule has 1 heterocycles. The van der Waals surface area contributed by atoms with E-state index in [0.29, 0.717) is 36.9 Å². The SMILES string of the molecule is CCCCCCCCCCCCCCCCCCOC(=O)CCc1cc(C(C)(C)C)c(O)c(C(C)(C)C)c1.CCCCCCCCSc1nc(Nc2cc(C(C)(C)C)c(O)c(C(C)(C)C)c2)nc(SCCCCCCCC)n1. The number of aromatic hydroxyl groups is 2. The number of unbranched alkanes of at least 4 members (excludes halogenated alkanes) is 25. The van der Waals surface area contributed by atoms with Crippen LogP contribution in [0.1, 0.15) is 318 Å². The first-order valence-electron chi connectivity index (χ1n) is 31.6. The van der Waals surface area contributed by atoms with Gasteiger partial charge < -0.3 is 20.3 Å². The van der Waals surface area contributed by atoms with Crippen molar-refractivity contribution in [2.45, 2.75) is 328 Å². The van der Waals surface area contributed by atoms with Crippen LogP contribution in [0.5, 0.6) is 11.5 Å². The third-order valence-corrected chi connectivity index (χ3v) is 16.6. The molecule has 2 aromatic carbocycles. The number of hydrogen-bond acceptors (Lipinski definition) is 10. The Morgan fingerprint density at radius 3 is 1.09 bits per heavy atom. The van der Waals surface area contributed by atoms with E-state index in [0.717, 1.165) is 68.2 Å². The minimum atomic E-state index is -0.197. The highest BCUT2D eigenvalue weighted by Crippen LogP contribution is 2.42. The smallest absolute Gasteiger partial charge is 0.306 e. The Bertz CT molecular complexity index is 1970. The number of carbonyl (C=O) groups excluding carboxylic acids is 1. The second-order valence-corrected chi connectivity index (χ2v) is 28.7. The van der Waals surface area contributed by atoms with E-state index in [1.54, 1.807) is 23.5 Å². The van der Waals surface area contributed by atoms with Crippen molar-refractivity contribution in [1.29, 1.82) is 0 Å². The van der Waals surface area contributed by atoms with Gasteiger partial charge in [0.2, 0.25) is 5.95 Å². The number of hydrogen-bond donors (Lipinski definition) is 3. The number of ether oxygens (including phenoxy) is 1. The zero-order chi connectivity index (χ0) is 58.0. The summed E-state index contributed by atoms with van der Waals surface area (Å²) in [6, 6.07) is 8.21. The van der Waals surface area contributed by atoms with Crippen LogP contribution in [-0.4, -0.2) is 49.2 Å². The van der Waals surface area contributed by atoms with Gasteiger partial charge in [-0.2, -0.15) is 15.0 Å². The van der Waals surface area contributed by atoms with Crippen LogP contribution in [0.25, 0.3) is 0 Å². The molecule has 8 nitrogen and oxygen atoms in total. The predicted octanol–water partition coefficient (Wildman–Crippen LogP) is 21.5. The number of anilines is 2. The fourth-order valence-electron chi connectivity index (χ4n) is 9.73. The summed E-state index contributed by atoms with van der Waals surface area (Å²) >= 11 is 3.48. The molecule has 446 valence electrons. The van der Waals surface area contributed by atoms with Crippen LogP contribution < -0.4 is 5.32 Å². The Balaban J connectivity index is 0.000000534. The summed E-state index contributed by atoms with van der Waals surface area (Å²) in [6.45, 7) is 32.8. The lowest BCUT2D eigenvalue weighted by atomic mass is 9.78. The number of esters is 1. The van der Waals surface area contributed by atoms with Crippen molar-refractivity contribution < 1.29 is 19.7 Å². The topological polar surface area (TPSA) is 117 Å². The van der Waals surface area contributed by atoms with E-state index in [9.17, 15) is 15.0 Å². The first-order chi connectivity index (χ1) is 36.9. The number of aryl methyl sites for hydroxylation is 1. The van der Waals surface area contributed by atoms with Crippen LogP contribution >= 0.6 is 23.5 Å². The van der Waals surface area contributed by atoms with E-state index in [1.165, 1.54) is 167 Å². The molecule has 0 amide bonds. The number of benzene rings is 2. The lowest BCUT2D eigenvalue weighted by molar-refractivity contribution is -0.143. The average Bonchev–Trinajstić information content (AvgIpc) is 3.40. The summed E-state index contributed by atoms with van der Waals surface area (Å²) in [5, 5.41) is 27.1. The molecule has 0 unspecified atom stereocenters. The quantitative estimate of drug-likeness (QED) is 0.0222. The van der Waals surface area contributed by atoms with Crippen LogP contribution in [0.3, 0.4) is 0 Å². The second kappa shape index (κ2) is 38.7. The van der Waals surface area contributed by atoms with Gasteiger partial charge in [-0.25, -0.2) is 0 Å². The monoisotopic (exact) mass is 1120 g/mol. The molecule has 0 aliphatic heterocycles. The first kappa shape index (κ1) is 71.1. The first-order valence-corrected chi connectivity index (χ1v) is 33.6. The molecule has 0 aliphatic rings. The zero-order valence-corrected chi connectivity index (χ0v) is 54.6. The van der Waals surface area contributed by atoms with Crippen LogP contribution in [0.4, 0.5) is 11.6 Å². The minimum absolute atomic E-state index is 0.117. The number of nitrogens with one attached hydrogen (secondary N) is 1. The van der Waals surface area contributed by atoms with Crippen LogP contribution in [0.15, 0.2) is 34.6 Å². The molecule has 0 fully saturated rings. The summed E-state index contributed by atoms with van der Waals surface area (Å²) in [4.78, 5) is 26.8. The average molecular weight is 1120 g/mol. The highest BCUT2D eigenvalue weighted by atomic mass is 32.2. The summed E-state index contributed by atoms with van der Waals surface area (Å²) < 4.78 is 5.51. The normalized spacial score (nSPS) is 12.2. The van der Waals surface area contributed by atoms with Crippen molar-refractivity contribution in [1.82, 2.24) is 15.0 Å². The van der Waals surface area contributed by atoms with Gasteiger partial charge in [0.1, 0.15) is 11.5 Å². The Morgan fingerprint density at radius 1 is 0.449 bits per heavy atom. The van der Waals surface area contributed by atoms with Gasteiger partial charge in [-0.05, 0) is 76.2 Å². The predicted molar refractivity (Wildman–Crippen MR) is 341 cm³/mol. The van der Waals surface area contributed by atoms with Gasteiger partial charge in [0.15, 0.2) is 10.3 Å². The Labute approximate surface area is 488 Å². The summed E-state index contributed by atoms with van der Waals surface area (Å²) in [7, 11) is 0. The molecule has 0 bridgehead atoms. The highest BCUT2D eigenvalue weighted by Gasteiger charge is 2.28. The molecule has 10 heteroatoms. The van der Waals surface area contributed by atoms with Gasteiger partial charge >= 0.3 is 5.97 Å². The highest BCUT2D eigenvalue weighted by molar-refractivity contribution is 7.99. The molecular formula is C68H118N4O4S2. The van der Waals surface area contributed by atoms with Crippen molar-refractivity contribution in [3.8, 4) is 11.5 Å². The number of phenols is 2. The zero-order valence-electron chi connectivity index (χ0n) is 53.0. The van der Waals surface area contributed by atoms with Gasteiger partial charge in [-0.3, -0.25) is 4.79 Å². The van der Waals surface area contributed by atoms with Crippen molar-refractivity contribution >= 4 is 41.1 Å². The number of thioether (sulfide) groups is 2. The van der Waals surface area contributed by atoms with Crippen LogP contribution in [0, 0.1) is 0 Å². The largest absolute Gasteiger partial charge is 0.507 e. The molecule has 3 rings (SSSR count). The van der Waals surface area contributed by atoms with Gasteiger partial charge in [0, 0.05) is 34.7 Å². The van der Waals surface area contributed by atoms with Crippen molar-refractivity contribution in [2.24, 2.45) is 0 Å². The number of aromatic nitrogens is 3. The number of carbonyl (C=O) groups is 1. The van der Waals surface area contributed by atoms with Crippen molar-refractivity contribution in [3.05, 3.63) is 52.1 Å². The Kier molecular flexibility index (Phi) is 35.3. The summed E-state index contributed by atoms with van der Waals surface area (Å²) in [6.07, 6.45) is 37.9. The van der Waals surface area contributed by atoms with Gasteiger partial charge in [0.25, 0.3) is 0 Å². The van der Waals surface area contributed by atoms with E-state index in [-0.39, 0.29) is 27.6 Å². The maximum atomic E-state index is 12.3. The fourth-order valence-corrected chi connectivity index (χ4v) is 11.5. The second-order valence-electron chi connectivity index (χ2n) is 26.6. The molecule has 0 atom stereocenters. The van der Waals surface area contributed by atoms with Gasteiger partial charge in [-0.15, -0.1) is 0 Å². The molecule has 78 heavy (non-hydrogen) atoms. The molecule has 0 spiro atoms. The summed E-state index contributed by atoms with van der Waals surface area (Å²) in [5.74, 6) is 3.29. The maximum Gasteiger partial charge on any atom is 0.306 e. The van der Waals surface area contributed by atoms with E-state index < -0.39 is 0 Å². The lowest BCUT2D eigenvalue weighted by Crippen LogP contribution is -2.18. The third kappa shape index (κ3) is 30.7. The molecule has 1 aromatic heterocycles. The Morgan fingerprint density at radius 2 is 0.756 bits per heavy atom. The van der Waals surface area contributed by atoms with E-state index in [1.807, 2.05) is 12.1 Å². The lowest BCUT2D eigenvalue weighted by Gasteiger charge is -2.28. The Hall–Kier alpha value is -2.98. The molecular weight excluding hydrogens is 1000 g/mol. The van der Waals surface area contributed by atoms with Gasteiger partial charge in [-0.1, -0.05) is 300 Å². The van der Waals surface area contributed by atoms with Gasteiger partial charge in [0.05, 0.1) is 6.61 Å². The number of nitrogens with zero attached hydrogens (tertiary/aromatic N) is 3. The van der Waals surface area contributed by atoms with E-state index in [2.05, 4.69) is 121 Å². The number of phenolic OH excluding ortho intramolecular Hbond substituents is 2. The standard InChI is InChI=1S/C35H62O3.C33H56N4OS2/c1-8-9-10-11-12-13-14-15-16-17-18-19-20-21-22-23-26-38-32(36)25-24-29-27-30(34(2,3)4)33(37)31(28-29)35(5,6)7;1-9-11-13-15-17-19-21-39-30-35-29(36-31(37-30)40-22-20-18-16-14-12-10-2)34-25-23-26(32(3,4)5)28(38)27(24-25)33(6,7)8/h27-28,37H,8-26H2,1-7H3;23-24,38H,9-22H2,1-8H3,(H,34,35,36,37). The fraction of sp³-hybridized carbons (Fsp3) is 0.765. The minimum Gasteiger partial charge on any atom is -0.507 e. The molecule has 0 aliphatic carbocycles. The third-order valence-electron chi connectivity index (χ3n) is 14.7. The molecule has 0 saturated carbocycles. The van der Waals surface area contributed by atoms with Crippen molar-refractivity contribution in [3.63, 3.8) is 0 Å². The van der Waals surface area contributed by atoms with E-state index >= 15 is 0 Å². The van der Waals surface area contributed by atoms with Crippen LogP contribution in [-0.2, 0) is 37.6 Å². The molecule has 0 saturated heterocycles. The maximum absolute atomic E-state index is 12.3. The van der Waals surface area contributed by atoms with Crippen LogP contribution in [0.2, 0.25) is 0 Å². The van der Waals surface area contributed by atoms with Crippen molar-refractivity contribution in [2.75, 3.05) is 23.4 Å². The molecule has 3 aromatic rings. The molecule has 0 radical (unpaired) electrons.